The van der Waals surface area contributed by atoms with E-state index in [1.54, 1.807) is 11.8 Å². The van der Waals surface area contributed by atoms with E-state index in [0.717, 1.165) is 28.1 Å². The van der Waals surface area contributed by atoms with E-state index in [2.05, 4.69) is 39.3 Å². The average Bonchev–Trinajstić information content (AvgIpc) is 3.28. The number of fused-ring (bicyclic) bond motifs is 1. The number of benzene rings is 2. The number of H-pyrrole nitrogens is 1. The Hall–Kier alpha value is -3.91. The lowest BCUT2D eigenvalue weighted by Crippen LogP contribution is -2.18. The van der Waals surface area contributed by atoms with E-state index < -0.39 is 5.91 Å². The van der Waals surface area contributed by atoms with Crippen LogP contribution in [0, 0.1) is 0 Å². The number of anilines is 1. The van der Waals surface area contributed by atoms with Crippen LogP contribution >= 0.6 is 0 Å². The molecule has 8 nitrogen and oxygen atoms in total. The van der Waals surface area contributed by atoms with Crippen LogP contribution in [0.15, 0.2) is 67.0 Å². The minimum Gasteiger partial charge on any atom is -0.494 e. The fourth-order valence-electron chi connectivity index (χ4n) is 3.45. The summed E-state index contributed by atoms with van der Waals surface area (Å²) in [5.74, 6) is 1.08. The average molecular weight is 431 g/mol. The summed E-state index contributed by atoms with van der Waals surface area (Å²) in [5.41, 5.74) is 5.49. The van der Waals surface area contributed by atoms with Crippen LogP contribution in [0.1, 0.15) is 31.4 Å². The zero-order valence-electron chi connectivity index (χ0n) is 17.7. The number of nitrogens with zero attached hydrogens (tertiary/aromatic N) is 2. The molecule has 2 heterocycles. The van der Waals surface area contributed by atoms with Crippen molar-refractivity contribution in [1.82, 2.24) is 20.4 Å². The van der Waals surface area contributed by atoms with Crippen LogP contribution in [0.2, 0.25) is 0 Å². The molecule has 164 valence electrons. The van der Waals surface area contributed by atoms with Gasteiger partial charge in [0.05, 0.1) is 12.0 Å². The first-order valence-corrected chi connectivity index (χ1v) is 10.5. The second-order valence-electron chi connectivity index (χ2n) is 7.46. The van der Waals surface area contributed by atoms with E-state index >= 15 is 0 Å². The van der Waals surface area contributed by atoms with Crippen molar-refractivity contribution in [2.45, 2.75) is 25.8 Å². The van der Waals surface area contributed by atoms with Gasteiger partial charge in [-0.3, -0.25) is 10.0 Å². The van der Waals surface area contributed by atoms with Gasteiger partial charge in [0, 0.05) is 18.2 Å². The summed E-state index contributed by atoms with van der Waals surface area (Å²) in [7, 11) is 0. The molecule has 2 aromatic carbocycles. The van der Waals surface area contributed by atoms with Crippen LogP contribution in [0.4, 0.5) is 5.82 Å². The Bertz CT molecular complexity index is 1180. The first-order chi connectivity index (χ1) is 15.6. The zero-order chi connectivity index (χ0) is 22.3. The molecule has 1 atom stereocenters. The maximum absolute atomic E-state index is 11.0. The molecule has 0 bridgehead atoms. The smallest absolute Gasteiger partial charge is 0.243 e. The van der Waals surface area contributed by atoms with Crippen LogP contribution in [0.5, 0.6) is 5.75 Å². The summed E-state index contributed by atoms with van der Waals surface area (Å²) < 4.78 is 5.65. The molecule has 0 aliphatic heterocycles. The zero-order valence-corrected chi connectivity index (χ0v) is 17.7. The fraction of sp³-hybridized carbons (Fsp3) is 0.208. The summed E-state index contributed by atoms with van der Waals surface area (Å²) in [6, 6.07) is 20.1. The first-order valence-electron chi connectivity index (χ1n) is 10.5. The quantitative estimate of drug-likeness (QED) is 0.177. The number of hydrogen-bond donors (Lipinski definition) is 4. The van der Waals surface area contributed by atoms with Gasteiger partial charge in [-0.2, -0.15) is 0 Å². The van der Waals surface area contributed by atoms with Gasteiger partial charge in [0.25, 0.3) is 0 Å². The van der Waals surface area contributed by atoms with E-state index in [0.29, 0.717) is 18.8 Å². The molecule has 4 aromatic rings. The third-order valence-corrected chi connectivity index (χ3v) is 5.19. The molecule has 0 fully saturated rings. The van der Waals surface area contributed by atoms with Crippen molar-refractivity contribution < 1.29 is 14.7 Å². The van der Waals surface area contributed by atoms with Gasteiger partial charge in [-0.15, -0.1) is 0 Å². The van der Waals surface area contributed by atoms with Crippen molar-refractivity contribution in [1.29, 1.82) is 0 Å². The maximum atomic E-state index is 11.0. The Morgan fingerprint density at radius 3 is 2.66 bits per heavy atom. The van der Waals surface area contributed by atoms with Crippen LogP contribution in [0.3, 0.4) is 0 Å². The molecule has 4 N–H and O–H groups in total. The third-order valence-electron chi connectivity index (χ3n) is 5.19. The summed E-state index contributed by atoms with van der Waals surface area (Å²) in [5, 5.41) is 12.9. The molecule has 0 spiro atoms. The van der Waals surface area contributed by atoms with Gasteiger partial charge in [0.1, 0.15) is 23.5 Å². The van der Waals surface area contributed by atoms with E-state index in [9.17, 15) is 4.79 Å². The lowest BCUT2D eigenvalue weighted by atomic mass is 10.1. The van der Waals surface area contributed by atoms with Gasteiger partial charge >= 0.3 is 0 Å². The second-order valence-corrected chi connectivity index (χ2v) is 7.46. The number of aromatic amines is 1. The van der Waals surface area contributed by atoms with E-state index in [1.165, 1.54) is 5.56 Å². The van der Waals surface area contributed by atoms with E-state index in [-0.39, 0.29) is 12.5 Å². The molecule has 1 amide bonds. The minimum atomic E-state index is -0.419. The number of hydroxylamine groups is 1. The lowest BCUT2D eigenvalue weighted by Gasteiger charge is -2.15. The van der Waals surface area contributed by atoms with Crippen LogP contribution < -0.4 is 15.5 Å². The van der Waals surface area contributed by atoms with Crippen LogP contribution in [0.25, 0.3) is 22.3 Å². The van der Waals surface area contributed by atoms with Gasteiger partial charge in [0.2, 0.25) is 5.91 Å². The predicted molar refractivity (Wildman–Crippen MR) is 122 cm³/mol. The van der Waals surface area contributed by atoms with Gasteiger partial charge in [0.15, 0.2) is 0 Å². The highest BCUT2D eigenvalue weighted by Crippen LogP contribution is 2.29. The molecule has 0 saturated carbocycles. The van der Waals surface area contributed by atoms with Crippen molar-refractivity contribution in [3.05, 3.63) is 72.6 Å². The molecule has 8 heteroatoms. The highest BCUT2D eigenvalue weighted by atomic mass is 16.5. The monoisotopic (exact) mass is 431 g/mol. The van der Waals surface area contributed by atoms with Crippen molar-refractivity contribution in [3.8, 4) is 17.0 Å². The number of amides is 1. The Labute approximate surface area is 185 Å². The molecule has 0 unspecified atom stereocenters. The molecule has 32 heavy (non-hydrogen) atoms. The molecular formula is C24H25N5O3. The Kier molecular flexibility index (Phi) is 6.62. The second kappa shape index (κ2) is 9.93. The minimum absolute atomic E-state index is 0.104. The molecule has 0 aliphatic rings. The third kappa shape index (κ3) is 5.04. The topological polar surface area (TPSA) is 112 Å². The molecular weight excluding hydrogens is 406 g/mol. The van der Waals surface area contributed by atoms with Crippen molar-refractivity contribution in [3.63, 3.8) is 0 Å². The summed E-state index contributed by atoms with van der Waals surface area (Å²) >= 11 is 0. The molecule has 0 aliphatic carbocycles. The van der Waals surface area contributed by atoms with Crippen LogP contribution in [-0.4, -0.2) is 32.7 Å². The Balaban J connectivity index is 1.46. The van der Waals surface area contributed by atoms with Crippen molar-refractivity contribution in [2.24, 2.45) is 0 Å². The first kappa shape index (κ1) is 21.3. The van der Waals surface area contributed by atoms with E-state index in [1.807, 2.05) is 48.5 Å². The highest BCUT2D eigenvalue weighted by molar-refractivity contribution is 5.91. The predicted octanol–water partition coefficient (Wildman–Crippen LogP) is 4.46. The highest BCUT2D eigenvalue weighted by Gasteiger charge is 2.12. The summed E-state index contributed by atoms with van der Waals surface area (Å²) in [6.45, 7) is 2.50. The van der Waals surface area contributed by atoms with Crippen molar-refractivity contribution >= 4 is 22.8 Å². The van der Waals surface area contributed by atoms with Gasteiger partial charge < -0.3 is 15.0 Å². The largest absolute Gasteiger partial charge is 0.494 e. The van der Waals surface area contributed by atoms with Crippen LogP contribution in [-0.2, 0) is 4.79 Å². The molecule has 0 radical (unpaired) electrons. The number of carbonyl (C=O) groups excluding carboxylic acids is 1. The van der Waals surface area contributed by atoms with Crippen molar-refractivity contribution in [2.75, 3.05) is 11.9 Å². The lowest BCUT2D eigenvalue weighted by molar-refractivity contribution is -0.129. The fourth-order valence-corrected chi connectivity index (χ4v) is 3.45. The maximum Gasteiger partial charge on any atom is 0.243 e. The number of aromatic nitrogens is 3. The SMILES string of the molecule is C[C@@H](Nc1ncnc2[nH]c(-c3ccc(OCCCC(=O)NO)cc3)cc12)c1ccccc1. The number of nitrogens with one attached hydrogen (secondary N) is 3. The van der Waals surface area contributed by atoms with Gasteiger partial charge in [-0.05, 0) is 54.8 Å². The number of carbonyl (C=O) groups is 1. The summed E-state index contributed by atoms with van der Waals surface area (Å²) in [6.07, 6.45) is 2.28. The standard InChI is InChI=1S/C24H25N5O3/c1-16(17-6-3-2-4-7-17)27-23-20-14-21(28-24(20)26-15-25-23)18-9-11-19(12-10-18)32-13-5-8-22(30)29-31/h2-4,6-7,9-12,14-16,31H,5,8,13H2,1H3,(H,29,30)(H2,25,26,27,28)/t16-/m1/s1. The number of ether oxygens (including phenoxy) is 1. The normalized spacial score (nSPS) is 11.8. The molecule has 0 saturated heterocycles. The van der Waals surface area contributed by atoms with E-state index in [4.69, 9.17) is 9.94 Å². The summed E-state index contributed by atoms with van der Waals surface area (Å²) in [4.78, 5) is 23.2. The Morgan fingerprint density at radius 2 is 1.91 bits per heavy atom. The number of rotatable bonds is 9. The molecule has 2 aromatic heterocycles. The van der Waals surface area contributed by atoms with Gasteiger partial charge in [-0.25, -0.2) is 15.4 Å². The number of hydrogen-bond acceptors (Lipinski definition) is 6. The Morgan fingerprint density at radius 1 is 1.12 bits per heavy atom. The van der Waals surface area contributed by atoms with Gasteiger partial charge in [-0.1, -0.05) is 30.3 Å². The molecule has 4 rings (SSSR count).